The highest BCUT2D eigenvalue weighted by atomic mass is 19.1. The highest BCUT2D eigenvalue weighted by Gasteiger charge is 2.25. The van der Waals surface area contributed by atoms with Gasteiger partial charge in [0, 0.05) is 38.3 Å². The molecule has 32 heavy (non-hydrogen) atoms. The Morgan fingerprint density at radius 1 is 1.00 bits per heavy atom. The standard InChI is InChI=1S/C25H31FN4O2/c26-23-6-2-1-4-21(23)17-29-11-9-19(10-12-29)15-30(18-22-5-3-13-31-22)16-20-7-8-24-25(14-20)28-32-27-24/h1-2,4,6-8,14,19,22H,3,5,9-13,15-18H2. The van der Waals surface area contributed by atoms with Gasteiger partial charge in [0.2, 0.25) is 0 Å². The summed E-state index contributed by atoms with van der Waals surface area (Å²) in [5.74, 6) is 0.544. The average Bonchev–Trinajstić information content (AvgIpc) is 3.48. The SMILES string of the molecule is Fc1ccccc1CN1CCC(CN(Cc2ccc3nonc3c2)CC2CCCO2)CC1. The predicted molar refractivity (Wildman–Crippen MR) is 120 cm³/mol. The largest absolute Gasteiger partial charge is 0.377 e. The minimum Gasteiger partial charge on any atom is -0.377 e. The van der Waals surface area contributed by atoms with Crippen molar-refractivity contribution in [3.8, 4) is 0 Å². The molecule has 6 nitrogen and oxygen atoms in total. The van der Waals surface area contributed by atoms with Crippen LogP contribution in [-0.4, -0.2) is 59.0 Å². The van der Waals surface area contributed by atoms with E-state index in [1.807, 2.05) is 18.2 Å². The second-order valence-corrected chi connectivity index (χ2v) is 9.23. The third kappa shape index (κ3) is 5.34. The van der Waals surface area contributed by atoms with E-state index >= 15 is 0 Å². The molecule has 0 N–H and O–H groups in total. The highest BCUT2D eigenvalue weighted by molar-refractivity contribution is 5.73. The number of ether oxygens (including phenoxy) is 1. The molecule has 0 amide bonds. The van der Waals surface area contributed by atoms with Crippen molar-refractivity contribution < 1.29 is 13.8 Å². The van der Waals surface area contributed by atoms with Crippen LogP contribution in [0.2, 0.25) is 0 Å². The number of benzene rings is 2. The number of aromatic nitrogens is 2. The molecule has 0 aliphatic carbocycles. The number of hydrogen-bond acceptors (Lipinski definition) is 6. The quantitative estimate of drug-likeness (QED) is 0.524. The first-order valence-electron chi connectivity index (χ1n) is 11.7. The summed E-state index contributed by atoms with van der Waals surface area (Å²) in [6.45, 7) is 6.51. The van der Waals surface area contributed by atoms with Crippen LogP contribution in [0.4, 0.5) is 4.39 Å². The van der Waals surface area contributed by atoms with Crippen molar-refractivity contribution in [2.45, 2.75) is 44.9 Å². The molecule has 1 aromatic heterocycles. The Kier molecular flexibility index (Phi) is 6.76. The first-order valence-corrected chi connectivity index (χ1v) is 11.7. The third-order valence-electron chi connectivity index (χ3n) is 6.79. The van der Waals surface area contributed by atoms with Gasteiger partial charge in [-0.05, 0) is 78.8 Å². The minimum atomic E-state index is -0.100. The van der Waals surface area contributed by atoms with Crippen LogP contribution in [0.3, 0.4) is 0 Å². The summed E-state index contributed by atoms with van der Waals surface area (Å²) in [5, 5.41) is 7.90. The second kappa shape index (κ2) is 10.1. The van der Waals surface area contributed by atoms with Gasteiger partial charge in [-0.3, -0.25) is 9.80 Å². The molecule has 0 radical (unpaired) electrons. The highest BCUT2D eigenvalue weighted by Crippen LogP contribution is 2.24. The Bertz CT molecular complexity index is 1010. The third-order valence-corrected chi connectivity index (χ3v) is 6.79. The van der Waals surface area contributed by atoms with Gasteiger partial charge >= 0.3 is 0 Å². The fourth-order valence-electron chi connectivity index (χ4n) is 5.02. The smallest absolute Gasteiger partial charge is 0.135 e. The fraction of sp³-hybridized carbons (Fsp3) is 0.520. The summed E-state index contributed by atoms with van der Waals surface area (Å²) in [6, 6.07) is 13.3. The molecule has 7 heteroatoms. The van der Waals surface area contributed by atoms with Crippen molar-refractivity contribution in [3.63, 3.8) is 0 Å². The zero-order valence-corrected chi connectivity index (χ0v) is 18.5. The Labute approximate surface area is 188 Å². The van der Waals surface area contributed by atoms with Gasteiger partial charge < -0.3 is 4.74 Å². The van der Waals surface area contributed by atoms with Gasteiger partial charge in [0.15, 0.2) is 0 Å². The molecular weight excluding hydrogens is 407 g/mol. The van der Waals surface area contributed by atoms with E-state index in [9.17, 15) is 4.39 Å². The van der Waals surface area contributed by atoms with E-state index in [1.165, 1.54) is 5.56 Å². The summed E-state index contributed by atoms with van der Waals surface area (Å²) in [4.78, 5) is 4.92. The van der Waals surface area contributed by atoms with E-state index in [1.54, 1.807) is 12.1 Å². The number of likely N-dealkylation sites (tertiary alicyclic amines) is 1. The van der Waals surface area contributed by atoms with Crippen molar-refractivity contribution >= 4 is 11.0 Å². The van der Waals surface area contributed by atoms with Crippen molar-refractivity contribution in [1.29, 1.82) is 0 Å². The fourth-order valence-corrected chi connectivity index (χ4v) is 5.02. The van der Waals surface area contributed by atoms with Gasteiger partial charge in [-0.1, -0.05) is 24.3 Å². The molecule has 1 atom stereocenters. The Morgan fingerprint density at radius 2 is 1.84 bits per heavy atom. The number of nitrogens with zero attached hydrogens (tertiary/aromatic N) is 4. The van der Waals surface area contributed by atoms with Gasteiger partial charge in [-0.2, -0.15) is 0 Å². The van der Waals surface area contributed by atoms with Crippen LogP contribution in [-0.2, 0) is 17.8 Å². The average molecular weight is 439 g/mol. The Balaban J connectivity index is 1.19. The van der Waals surface area contributed by atoms with Crippen LogP contribution in [0.5, 0.6) is 0 Å². The van der Waals surface area contributed by atoms with Gasteiger partial charge in [-0.25, -0.2) is 9.02 Å². The van der Waals surface area contributed by atoms with E-state index in [4.69, 9.17) is 9.37 Å². The first kappa shape index (κ1) is 21.5. The molecule has 170 valence electrons. The maximum Gasteiger partial charge on any atom is 0.135 e. The molecule has 2 fully saturated rings. The van der Waals surface area contributed by atoms with Crippen LogP contribution in [0.15, 0.2) is 47.1 Å². The molecule has 0 spiro atoms. The van der Waals surface area contributed by atoms with Crippen LogP contribution in [0, 0.1) is 11.7 Å². The van der Waals surface area contributed by atoms with E-state index in [-0.39, 0.29) is 5.82 Å². The summed E-state index contributed by atoms with van der Waals surface area (Å²) in [5.41, 5.74) is 3.62. The molecule has 2 saturated heterocycles. The lowest BCUT2D eigenvalue weighted by Crippen LogP contribution is -2.40. The number of piperidine rings is 1. The Hall–Kier alpha value is -2.35. The molecule has 3 aromatic rings. The van der Waals surface area contributed by atoms with Crippen LogP contribution in [0.1, 0.15) is 36.8 Å². The van der Waals surface area contributed by atoms with E-state index < -0.39 is 0 Å². The minimum absolute atomic E-state index is 0.100. The topological polar surface area (TPSA) is 54.6 Å². The van der Waals surface area contributed by atoms with Gasteiger partial charge in [0.05, 0.1) is 6.10 Å². The zero-order valence-electron chi connectivity index (χ0n) is 18.5. The molecule has 3 heterocycles. The summed E-state index contributed by atoms with van der Waals surface area (Å²) in [6.07, 6.45) is 4.91. The van der Waals surface area contributed by atoms with E-state index in [0.717, 1.165) is 81.6 Å². The molecule has 2 aliphatic heterocycles. The lowest BCUT2D eigenvalue weighted by Gasteiger charge is -2.35. The van der Waals surface area contributed by atoms with Gasteiger partial charge in [0.25, 0.3) is 0 Å². The van der Waals surface area contributed by atoms with Crippen molar-refractivity contribution in [2.75, 3.05) is 32.8 Å². The summed E-state index contributed by atoms with van der Waals surface area (Å²) in [7, 11) is 0. The van der Waals surface area contributed by atoms with Crippen LogP contribution < -0.4 is 0 Å². The molecule has 2 aromatic carbocycles. The molecule has 0 saturated carbocycles. The van der Waals surface area contributed by atoms with Crippen LogP contribution >= 0.6 is 0 Å². The number of hydrogen-bond donors (Lipinski definition) is 0. The van der Waals surface area contributed by atoms with E-state index in [0.29, 0.717) is 18.6 Å². The number of fused-ring (bicyclic) bond motifs is 1. The monoisotopic (exact) mass is 438 g/mol. The number of rotatable bonds is 8. The van der Waals surface area contributed by atoms with E-state index in [2.05, 4.69) is 32.2 Å². The lowest BCUT2D eigenvalue weighted by atomic mass is 9.95. The molecule has 2 aliphatic rings. The lowest BCUT2D eigenvalue weighted by molar-refractivity contribution is 0.0569. The molecule has 1 unspecified atom stereocenters. The maximum absolute atomic E-state index is 14.0. The summed E-state index contributed by atoms with van der Waals surface area (Å²) >= 11 is 0. The van der Waals surface area contributed by atoms with Gasteiger partial charge in [0.1, 0.15) is 16.9 Å². The predicted octanol–water partition coefficient (Wildman–Crippen LogP) is 4.26. The first-order chi connectivity index (χ1) is 15.7. The van der Waals surface area contributed by atoms with Crippen molar-refractivity contribution in [1.82, 2.24) is 20.1 Å². The molecule has 0 bridgehead atoms. The van der Waals surface area contributed by atoms with Crippen LogP contribution in [0.25, 0.3) is 11.0 Å². The molecule has 5 rings (SSSR count). The van der Waals surface area contributed by atoms with Crippen molar-refractivity contribution in [3.05, 3.63) is 59.4 Å². The second-order valence-electron chi connectivity index (χ2n) is 9.23. The zero-order chi connectivity index (χ0) is 21.8. The maximum atomic E-state index is 14.0. The van der Waals surface area contributed by atoms with Gasteiger partial charge in [-0.15, -0.1) is 0 Å². The number of halogens is 1. The molecular formula is C25H31FN4O2. The normalized spacial score (nSPS) is 20.5. The Morgan fingerprint density at radius 3 is 2.66 bits per heavy atom. The van der Waals surface area contributed by atoms with Crippen molar-refractivity contribution in [2.24, 2.45) is 5.92 Å². The summed E-state index contributed by atoms with van der Waals surface area (Å²) < 4.78 is 24.8.